The van der Waals surface area contributed by atoms with Gasteiger partial charge in [0.25, 0.3) is 0 Å². The summed E-state index contributed by atoms with van der Waals surface area (Å²) in [6, 6.07) is 14.4. The molecular weight excluding hydrogens is 479 g/mol. The van der Waals surface area contributed by atoms with Crippen molar-refractivity contribution in [3.63, 3.8) is 0 Å². The molecule has 198 valence electrons. The van der Waals surface area contributed by atoms with Gasteiger partial charge in [-0.15, -0.1) is 0 Å². The number of nitrogens with one attached hydrogen (secondary N) is 2. The quantitative estimate of drug-likeness (QED) is 0.537. The molecule has 2 aromatic heterocycles. The van der Waals surface area contributed by atoms with Gasteiger partial charge in [0, 0.05) is 87.4 Å². The average Bonchev–Trinajstić information content (AvgIpc) is 3.33. The van der Waals surface area contributed by atoms with Gasteiger partial charge < -0.3 is 15.5 Å². The Morgan fingerprint density at radius 3 is 2.87 bits per heavy atom. The van der Waals surface area contributed by atoms with Crippen LogP contribution in [0.5, 0.6) is 0 Å². The van der Waals surface area contributed by atoms with E-state index in [0.717, 1.165) is 61.9 Å². The summed E-state index contributed by atoms with van der Waals surface area (Å²) in [5, 5.41) is 16.8. The summed E-state index contributed by atoms with van der Waals surface area (Å²) >= 11 is 0. The van der Waals surface area contributed by atoms with Crippen molar-refractivity contribution in [1.29, 1.82) is 5.26 Å². The van der Waals surface area contributed by atoms with Crippen LogP contribution in [0.15, 0.2) is 42.6 Å². The third-order valence-electron chi connectivity index (χ3n) is 8.31. The first-order valence-electron chi connectivity index (χ1n) is 14.0. The number of aryl methyl sites for hydroxylation is 1. The fourth-order valence-corrected chi connectivity index (χ4v) is 6.30. The Hall–Kier alpha value is -3.32. The highest BCUT2D eigenvalue weighted by atomic mass is 19.1. The molecule has 0 aliphatic carbocycles. The normalized spacial score (nSPS) is 26.7. The molecule has 4 atom stereocenters. The van der Waals surface area contributed by atoms with Crippen molar-refractivity contribution in [3.8, 4) is 6.07 Å². The number of alkyl halides is 1. The van der Waals surface area contributed by atoms with Crippen LogP contribution >= 0.6 is 0 Å². The molecule has 3 saturated heterocycles. The van der Waals surface area contributed by atoms with E-state index in [-0.39, 0.29) is 12.2 Å². The van der Waals surface area contributed by atoms with Gasteiger partial charge in [-0.25, -0.2) is 9.37 Å². The molecule has 5 heterocycles. The molecule has 8 nitrogen and oxygen atoms in total. The Bertz CT molecular complexity index is 1410. The molecule has 0 amide bonds. The second kappa shape index (κ2) is 10.4. The summed E-state index contributed by atoms with van der Waals surface area (Å²) in [6.07, 6.45) is -0.720. The average molecular weight is 516 g/mol. The van der Waals surface area contributed by atoms with E-state index in [0.29, 0.717) is 36.3 Å². The van der Waals surface area contributed by atoms with Gasteiger partial charge in [-0.1, -0.05) is 6.07 Å². The lowest BCUT2D eigenvalue weighted by atomic mass is 10.0. The maximum Gasteiger partial charge on any atom is 0.134 e. The molecule has 0 saturated carbocycles. The highest BCUT2D eigenvalue weighted by molar-refractivity contribution is 5.95. The zero-order chi connectivity index (χ0) is 27.1. The molecule has 3 aliphatic rings. The maximum absolute atomic E-state index is 14.0. The first kappa shape index (κ1) is 23.8. The number of nitrogens with zero attached hydrogens (tertiary/aromatic N) is 6. The molecule has 1 aromatic carbocycles. The van der Waals surface area contributed by atoms with Crippen LogP contribution in [0.3, 0.4) is 0 Å². The number of benzene rings is 1. The molecule has 6 rings (SSSR count). The summed E-state index contributed by atoms with van der Waals surface area (Å²) in [4.78, 5) is 16.7. The van der Waals surface area contributed by atoms with Gasteiger partial charge in [-0.3, -0.25) is 14.8 Å². The summed E-state index contributed by atoms with van der Waals surface area (Å²) < 4.78 is 21.9. The Balaban J connectivity index is 1.16. The van der Waals surface area contributed by atoms with E-state index in [9.17, 15) is 9.65 Å². The van der Waals surface area contributed by atoms with Crippen LogP contribution in [0, 0.1) is 18.3 Å². The van der Waals surface area contributed by atoms with Crippen LogP contribution in [0.4, 0.5) is 15.9 Å². The van der Waals surface area contributed by atoms with Gasteiger partial charge in [0.1, 0.15) is 18.1 Å². The molecule has 0 bridgehead atoms. The van der Waals surface area contributed by atoms with Crippen molar-refractivity contribution in [2.45, 2.75) is 44.7 Å². The lowest BCUT2D eigenvalue weighted by molar-refractivity contribution is 0.0316. The number of piperazine rings is 2. The molecule has 0 radical (unpaired) electrons. The third kappa shape index (κ3) is 4.80. The molecule has 3 fully saturated rings. The molecule has 3 aliphatic heterocycles. The Kier molecular flexibility index (Phi) is 6.53. The van der Waals surface area contributed by atoms with E-state index >= 15 is 0 Å². The van der Waals surface area contributed by atoms with E-state index in [1.165, 1.54) is 5.56 Å². The van der Waals surface area contributed by atoms with E-state index in [1.807, 2.05) is 31.2 Å². The van der Waals surface area contributed by atoms with Crippen LogP contribution in [0.1, 0.15) is 25.1 Å². The SMILES string of the molecule is [2H]c1ccc2c(N3C[C@@H]4CN(Cc5ccc(N[C@H]6CNC[C@H]6F)nc5C)CCN4[C@H](C)C3)ccc(C#N)c2n1. The number of hydrogen-bond acceptors (Lipinski definition) is 8. The smallest absolute Gasteiger partial charge is 0.134 e. The van der Waals surface area contributed by atoms with E-state index in [2.05, 4.69) is 49.4 Å². The minimum absolute atomic E-state index is 0.174. The number of aromatic nitrogens is 2. The van der Waals surface area contributed by atoms with Crippen molar-refractivity contribution in [2.24, 2.45) is 0 Å². The number of hydrogen-bond donors (Lipinski definition) is 2. The molecule has 3 aromatic rings. The van der Waals surface area contributed by atoms with E-state index < -0.39 is 6.17 Å². The van der Waals surface area contributed by atoms with Crippen molar-refractivity contribution in [2.75, 3.05) is 56.0 Å². The highest BCUT2D eigenvalue weighted by Crippen LogP contribution is 2.32. The number of nitriles is 1. The van der Waals surface area contributed by atoms with Crippen LogP contribution in [0.25, 0.3) is 10.9 Å². The summed E-state index contributed by atoms with van der Waals surface area (Å²) in [7, 11) is 0. The van der Waals surface area contributed by atoms with Crippen molar-refractivity contribution >= 4 is 22.4 Å². The topological polar surface area (TPSA) is 83.4 Å². The van der Waals surface area contributed by atoms with Crippen LogP contribution in [-0.4, -0.2) is 89.9 Å². The monoisotopic (exact) mass is 515 g/mol. The number of pyridine rings is 2. The largest absolute Gasteiger partial charge is 0.368 e. The summed E-state index contributed by atoms with van der Waals surface area (Å²) in [5.41, 5.74) is 4.37. The van der Waals surface area contributed by atoms with Crippen LogP contribution in [0.2, 0.25) is 0 Å². The van der Waals surface area contributed by atoms with Gasteiger partial charge in [0.05, 0.1) is 18.5 Å². The standard InChI is InChI=1S/C29H35FN8/c1-19-15-37(27-7-5-21(12-31)29-24(27)4-3-9-33-29)18-23-17-36(10-11-38(19)23)16-22-6-8-28(34-20(22)2)35-26-14-32-13-25(26)30/h3-9,19,23,25-26,32H,10-11,13-18H2,1-2H3,(H,34,35)/t19-,23+,25-,26+/m1/s1/i9D. The summed E-state index contributed by atoms with van der Waals surface area (Å²) in [5.74, 6) is 0.732. The molecule has 0 unspecified atom stereocenters. The highest BCUT2D eigenvalue weighted by Gasteiger charge is 2.37. The number of halogens is 1. The predicted molar refractivity (Wildman–Crippen MR) is 148 cm³/mol. The number of rotatable bonds is 5. The molecular formula is C29H35FN8. The maximum atomic E-state index is 14.0. The lowest BCUT2D eigenvalue weighted by Gasteiger charge is -2.51. The lowest BCUT2D eigenvalue weighted by Crippen LogP contribution is -2.65. The zero-order valence-corrected chi connectivity index (χ0v) is 22.0. The van der Waals surface area contributed by atoms with E-state index in [4.69, 9.17) is 6.35 Å². The van der Waals surface area contributed by atoms with Gasteiger partial charge >= 0.3 is 0 Å². The first-order chi connectivity index (χ1) is 18.9. The molecule has 0 spiro atoms. The Morgan fingerprint density at radius 1 is 1.18 bits per heavy atom. The van der Waals surface area contributed by atoms with Gasteiger partial charge in [-0.05, 0) is 49.7 Å². The van der Waals surface area contributed by atoms with Crippen LogP contribution in [-0.2, 0) is 6.54 Å². The van der Waals surface area contributed by atoms with Gasteiger partial charge in [-0.2, -0.15) is 5.26 Å². The fourth-order valence-electron chi connectivity index (χ4n) is 6.30. The number of fused-ring (bicyclic) bond motifs is 2. The minimum Gasteiger partial charge on any atom is -0.368 e. The molecule has 2 N–H and O–H groups in total. The fraction of sp³-hybridized carbons (Fsp3) is 0.483. The third-order valence-corrected chi connectivity index (χ3v) is 8.31. The second-order valence-electron chi connectivity index (χ2n) is 10.8. The minimum atomic E-state index is -0.894. The van der Waals surface area contributed by atoms with Crippen molar-refractivity contribution in [3.05, 3.63) is 59.4 Å². The van der Waals surface area contributed by atoms with Crippen molar-refractivity contribution < 1.29 is 5.76 Å². The summed E-state index contributed by atoms with van der Waals surface area (Å²) in [6.45, 7) is 11.0. The van der Waals surface area contributed by atoms with Crippen molar-refractivity contribution in [1.82, 2.24) is 25.1 Å². The Labute approximate surface area is 224 Å². The van der Waals surface area contributed by atoms with Gasteiger partial charge in [0.2, 0.25) is 0 Å². The first-order valence-corrected chi connectivity index (χ1v) is 13.5. The number of anilines is 2. The molecule has 9 heteroatoms. The second-order valence-corrected chi connectivity index (χ2v) is 10.8. The Morgan fingerprint density at radius 2 is 2.08 bits per heavy atom. The molecule has 38 heavy (non-hydrogen) atoms. The zero-order valence-electron chi connectivity index (χ0n) is 23.0. The van der Waals surface area contributed by atoms with E-state index in [1.54, 1.807) is 6.07 Å². The predicted octanol–water partition coefficient (Wildman–Crippen LogP) is 2.93. The van der Waals surface area contributed by atoms with Gasteiger partial charge in [0.15, 0.2) is 0 Å². The van der Waals surface area contributed by atoms with Crippen LogP contribution < -0.4 is 15.5 Å².